The number of aryl methyl sites for hydroxylation is 1. The number of nitrogens with two attached hydrogens (primary N) is 1. The van der Waals surface area contributed by atoms with Crippen LogP contribution >= 0.6 is 27.7 Å². The number of benzene rings is 1. The Balaban J connectivity index is 1.94. The molecule has 2 heterocycles. The summed E-state index contributed by atoms with van der Waals surface area (Å²) in [5.74, 6) is 1.41. The van der Waals surface area contributed by atoms with Crippen LogP contribution in [-0.4, -0.2) is 15.5 Å². The highest BCUT2D eigenvalue weighted by Crippen LogP contribution is 2.45. The number of thioether (sulfide) groups is 1. The molecule has 2 aromatic rings. The first-order chi connectivity index (χ1) is 9.72. The van der Waals surface area contributed by atoms with E-state index in [4.69, 9.17) is 5.73 Å². The standard InChI is InChI=1S/C15H18BrN3S/c1-2-7-19-15(12(16)8-18-19)14(17)11-9-20-13-6-4-3-5-10(11)13/h3-6,8,11,14H,2,7,9,17H2,1H3. The van der Waals surface area contributed by atoms with Crippen LogP contribution in [0.4, 0.5) is 0 Å². The van der Waals surface area contributed by atoms with Crippen LogP contribution in [0.25, 0.3) is 0 Å². The first-order valence-corrected chi connectivity index (χ1v) is 8.68. The van der Waals surface area contributed by atoms with Crippen molar-refractivity contribution in [2.75, 3.05) is 5.75 Å². The lowest BCUT2D eigenvalue weighted by Gasteiger charge is -2.21. The molecular formula is C15H18BrN3S. The molecule has 2 unspecified atom stereocenters. The van der Waals surface area contributed by atoms with Crippen LogP contribution in [0.3, 0.4) is 0 Å². The number of hydrogen-bond acceptors (Lipinski definition) is 3. The number of halogens is 1. The molecule has 1 aromatic heterocycles. The van der Waals surface area contributed by atoms with E-state index in [1.807, 2.05) is 22.6 Å². The molecule has 0 bridgehead atoms. The molecule has 3 rings (SSSR count). The van der Waals surface area contributed by atoms with E-state index >= 15 is 0 Å². The minimum atomic E-state index is -0.0189. The van der Waals surface area contributed by atoms with E-state index in [9.17, 15) is 0 Å². The van der Waals surface area contributed by atoms with Gasteiger partial charge in [-0.15, -0.1) is 11.8 Å². The van der Waals surface area contributed by atoms with Crippen LogP contribution in [-0.2, 0) is 6.54 Å². The molecule has 0 amide bonds. The number of fused-ring (bicyclic) bond motifs is 1. The quantitative estimate of drug-likeness (QED) is 0.906. The molecule has 1 aromatic carbocycles. The van der Waals surface area contributed by atoms with Gasteiger partial charge in [-0.05, 0) is 34.0 Å². The molecule has 0 radical (unpaired) electrons. The second kappa shape index (κ2) is 5.92. The smallest absolute Gasteiger partial charge is 0.0700 e. The van der Waals surface area contributed by atoms with E-state index < -0.39 is 0 Å². The van der Waals surface area contributed by atoms with Crippen molar-refractivity contribution in [1.82, 2.24) is 9.78 Å². The highest BCUT2D eigenvalue weighted by molar-refractivity contribution is 9.10. The lowest BCUT2D eigenvalue weighted by Crippen LogP contribution is -2.24. The normalized spacial score (nSPS) is 19.1. The van der Waals surface area contributed by atoms with Crippen LogP contribution in [0.5, 0.6) is 0 Å². The van der Waals surface area contributed by atoms with E-state index in [0.29, 0.717) is 5.92 Å². The highest BCUT2D eigenvalue weighted by atomic mass is 79.9. The van der Waals surface area contributed by atoms with Gasteiger partial charge in [0.2, 0.25) is 0 Å². The number of aromatic nitrogens is 2. The highest BCUT2D eigenvalue weighted by Gasteiger charge is 2.31. The molecule has 0 spiro atoms. The summed E-state index contributed by atoms with van der Waals surface area (Å²) in [7, 11) is 0. The van der Waals surface area contributed by atoms with Gasteiger partial charge < -0.3 is 5.73 Å². The number of nitrogens with zero attached hydrogens (tertiary/aromatic N) is 2. The van der Waals surface area contributed by atoms with Gasteiger partial charge in [0.1, 0.15) is 0 Å². The second-order valence-electron chi connectivity index (χ2n) is 5.08. The molecule has 2 atom stereocenters. The van der Waals surface area contributed by atoms with Gasteiger partial charge in [0.15, 0.2) is 0 Å². The fourth-order valence-corrected chi connectivity index (χ4v) is 4.64. The van der Waals surface area contributed by atoms with E-state index in [0.717, 1.165) is 28.9 Å². The molecule has 0 saturated carbocycles. The molecule has 1 aliphatic rings. The zero-order valence-electron chi connectivity index (χ0n) is 11.4. The SMILES string of the molecule is CCCn1ncc(Br)c1C(N)C1CSc2ccccc21. The summed E-state index contributed by atoms with van der Waals surface area (Å²) in [6.45, 7) is 3.07. The minimum Gasteiger partial charge on any atom is -0.322 e. The predicted molar refractivity (Wildman–Crippen MR) is 87.1 cm³/mol. The minimum absolute atomic E-state index is 0.0189. The largest absolute Gasteiger partial charge is 0.322 e. The summed E-state index contributed by atoms with van der Waals surface area (Å²) in [5, 5.41) is 4.44. The topological polar surface area (TPSA) is 43.8 Å². The van der Waals surface area contributed by atoms with E-state index in [1.165, 1.54) is 10.5 Å². The summed E-state index contributed by atoms with van der Waals surface area (Å²) in [6.07, 6.45) is 2.92. The maximum atomic E-state index is 6.59. The van der Waals surface area contributed by atoms with Crippen LogP contribution in [0.2, 0.25) is 0 Å². The Hall–Kier alpha value is -0.780. The Morgan fingerprint density at radius 1 is 1.50 bits per heavy atom. The van der Waals surface area contributed by atoms with Crippen molar-refractivity contribution in [3.05, 3.63) is 46.2 Å². The zero-order chi connectivity index (χ0) is 14.1. The molecule has 106 valence electrons. The van der Waals surface area contributed by atoms with Gasteiger partial charge >= 0.3 is 0 Å². The Morgan fingerprint density at radius 2 is 2.30 bits per heavy atom. The molecule has 20 heavy (non-hydrogen) atoms. The molecule has 0 saturated heterocycles. The maximum Gasteiger partial charge on any atom is 0.0700 e. The van der Waals surface area contributed by atoms with Gasteiger partial charge in [0.25, 0.3) is 0 Å². The van der Waals surface area contributed by atoms with Crippen LogP contribution < -0.4 is 5.73 Å². The molecule has 0 aliphatic carbocycles. The lowest BCUT2D eigenvalue weighted by atomic mass is 9.92. The van der Waals surface area contributed by atoms with Crippen molar-refractivity contribution in [1.29, 1.82) is 0 Å². The molecule has 2 N–H and O–H groups in total. The van der Waals surface area contributed by atoms with Gasteiger partial charge in [0.05, 0.1) is 22.4 Å². The van der Waals surface area contributed by atoms with Crippen molar-refractivity contribution in [3.63, 3.8) is 0 Å². The average molecular weight is 352 g/mol. The first-order valence-electron chi connectivity index (χ1n) is 6.91. The molecule has 1 aliphatic heterocycles. The van der Waals surface area contributed by atoms with Crippen molar-refractivity contribution < 1.29 is 0 Å². The van der Waals surface area contributed by atoms with Gasteiger partial charge in [-0.3, -0.25) is 4.68 Å². The molecule has 0 fully saturated rings. The third kappa shape index (κ3) is 2.43. The van der Waals surface area contributed by atoms with Crippen molar-refractivity contribution in [3.8, 4) is 0 Å². The van der Waals surface area contributed by atoms with Gasteiger partial charge in [-0.1, -0.05) is 25.1 Å². The van der Waals surface area contributed by atoms with Gasteiger partial charge in [-0.25, -0.2) is 0 Å². The predicted octanol–water partition coefficient (Wildman–Crippen LogP) is 3.94. The third-order valence-electron chi connectivity index (χ3n) is 3.75. The first kappa shape index (κ1) is 14.2. The Bertz CT molecular complexity index is 611. The van der Waals surface area contributed by atoms with Crippen molar-refractivity contribution in [2.45, 2.75) is 36.7 Å². The van der Waals surface area contributed by atoms with Crippen LogP contribution in [0, 0.1) is 0 Å². The molecule has 3 nitrogen and oxygen atoms in total. The molecule has 5 heteroatoms. The maximum absolute atomic E-state index is 6.59. The Morgan fingerprint density at radius 3 is 3.10 bits per heavy atom. The summed E-state index contributed by atoms with van der Waals surface area (Å²) >= 11 is 5.51. The summed E-state index contributed by atoms with van der Waals surface area (Å²) in [6, 6.07) is 8.56. The van der Waals surface area contributed by atoms with Crippen molar-refractivity contribution >= 4 is 27.7 Å². The Kier molecular flexibility index (Phi) is 4.19. The Labute approximate surface area is 132 Å². The monoisotopic (exact) mass is 351 g/mol. The summed E-state index contributed by atoms with van der Waals surface area (Å²) in [4.78, 5) is 1.37. The van der Waals surface area contributed by atoms with E-state index in [-0.39, 0.29) is 6.04 Å². The number of hydrogen-bond donors (Lipinski definition) is 1. The fourth-order valence-electron chi connectivity index (χ4n) is 2.77. The van der Waals surface area contributed by atoms with Crippen molar-refractivity contribution in [2.24, 2.45) is 5.73 Å². The van der Waals surface area contributed by atoms with Gasteiger partial charge in [0, 0.05) is 23.1 Å². The van der Waals surface area contributed by atoms with E-state index in [1.54, 1.807) is 0 Å². The zero-order valence-corrected chi connectivity index (χ0v) is 13.8. The second-order valence-corrected chi connectivity index (χ2v) is 7.00. The van der Waals surface area contributed by atoms with E-state index in [2.05, 4.69) is 52.2 Å². The fraction of sp³-hybridized carbons (Fsp3) is 0.400. The summed E-state index contributed by atoms with van der Waals surface area (Å²) < 4.78 is 3.06. The van der Waals surface area contributed by atoms with Crippen LogP contribution in [0.15, 0.2) is 39.8 Å². The number of rotatable bonds is 4. The third-order valence-corrected chi connectivity index (χ3v) is 5.57. The van der Waals surface area contributed by atoms with Crippen LogP contribution in [0.1, 0.15) is 36.6 Å². The van der Waals surface area contributed by atoms with Gasteiger partial charge in [-0.2, -0.15) is 5.10 Å². The molecular weight excluding hydrogens is 334 g/mol. The average Bonchev–Trinajstić information content (AvgIpc) is 3.03. The lowest BCUT2D eigenvalue weighted by molar-refractivity contribution is 0.505. The summed E-state index contributed by atoms with van der Waals surface area (Å²) in [5.41, 5.74) is 9.08.